The Bertz CT molecular complexity index is 683. The van der Waals surface area contributed by atoms with Crippen molar-refractivity contribution in [2.24, 2.45) is 34.0 Å². The summed E-state index contributed by atoms with van der Waals surface area (Å²) in [6, 6.07) is 8.96. The van der Waals surface area contributed by atoms with Crippen molar-refractivity contribution >= 4 is 0 Å². The predicted octanol–water partition coefficient (Wildman–Crippen LogP) is 7.82. The first-order chi connectivity index (χ1) is 14.0. The van der Waals surface area contributed by atoms with Crippen LogP contribution in [0.4, 0.5) is 0 Å². The molecule has 0 N–H and O–H groups in total. The standard InChI is InChI=1S/C28H44O2/c1-26(2,3)18-24(27(4,5)6)22-8-10-23(11-9-22)30-25(29-7)28-15-19-12-20(16-28)14-21(13-19)17-28/h8-11,19-21,24-25H,12-18H2,1-7H3. The Morgan fingerprint density at radius 3 is 1.77 bits per heavy atom. The first-order valence-corrected chi connectivity index (χ1v) is 12.3. The molecule has 0 saturated heterocycles. The van der Waals surface area contributed by atoms with E-state index in [4.69, 9.17) is 9.47 Å². The summed E-state index contributed by atoms with van der Waals surface area (Å²) in [5, 5.41) is 0. The number of hydrogen-bond donors (Lipinski definition) is 0. The quantitative estimate of drug-likeness (QED) is 0.443. The van der Waals surface area contributed by atoms with Crippen LogP contribution < -0.4 is 4.74 Å². The summed E-state index contributed by atoms with van der Waals surface area (Å²) in [6.45, 7) is 14.1. The van der Waals surface area contributed by atoms with Gasteiger partial charge in [-0.25, -0.2) is 0 Å². The third-order valence-corrected chi connectivity index (χ3v) is 8.19. The lowest BCUT2D eigenvalue weighted by Crippen LogP contribution is -2.53. The molecule has 0 radical (unpaired) electrons. The lowest BCUT2D eigenvalue weighted by molar-refractivity contribution is -0.204. The van der Waals surface area contributed by atoms with E-state index >= 15 is 0 Å². The van der Waals surface area contributed by atoms with Crippen molar-refractivity contribution in [2.45, 2.75) is 98.7 Å². The zero-order valence-electron chi connectivity index (χ0n) is 20.5. The van der Waals surface area contributed by atoms with E-state index in [0.717, 1.165) is 23.5 Å². The van der Waals surface area contributed by atoms with Crippen LogP contribution in [-0.4, -0.2) is 13.4 Å². The average molecular weight is 413 g/mol. The van der Waals surface area contributed by atoms with Crippen molar-refractivity contribution in [3.63, 3.8) is 0 Å². The molecule has 0 aromatic heterocycles. The predicted molar refractivity (Wildman–Crippen MR) is 125 cm³/mol. The van der Waals surface area contributed by atoms with Gasteiger partial charge in [-0.1, -0.05) is 53.7 Å². The molecule has 2 atom stereocenters. The van der Waals surface area contributed by atoms with E-state index in [2.05, 4.69) is 65.8 Å². The highest BCUT2D eigenvalue weighted by molar-refractivity contribution is 5.31. The van der Waals surface area contributed by atoms with Crippen molar-refractivity contribution in [3.05, 3.63) is 29.8 Å². The van der Waals surface area contributed by atoms with E-state index in [0.29, 0.717) is 11.3 Å². The molecule has 2 unspecified atom stereocenters. The molecule has 0 heterocycles. The Morgan fingerprint density at radius 1 is 0.867 bits per heavy atom. The lowest BCUT2D eigenvalue weighted by Gasteiger charge is -2.58. The molecule has 1 aromatic carbocycles. The van der Waals surface area contributed by atoms with Crippen molar-refractivity contribution in [3.8, 4) is 5.75 Å². The lowest BCUT2D eigenvalue weighted by atomic mass is 9.49. The number of rotatable bonds is 6. The van der Waals surface area contributed by atoms with Crippen LogP contribution in [0.3, 0.4) is 0 Å². The summed E-state index contributed by atoms with van der Waals surface area (Å²) in [5.74, 6) is 4.22. The van der Waals surface area contributed by atoms with Gasteiger partial charge < -0.3 is 9.47 Å². The van der Waals surface area contributed by atoms with Crippen LogP contribution in [0, 0.1) is 34.0 Å². The third-order valence-electron chi connectivity index (χ3n) is 8.19. The molecule has 4 aliphatic carbocycles. The highest BCUT2D eigenvalue weighted by atomic mass is 16.7. The Labute approximate surface area is 185 Å². The second kappa shape index (κ2) is 7.84. The number of methoxy groups -OCH3 is 1. The molecule has 4 aliphatic rings. The first-order valence-electron chi connectivity index (χ1n) is 12.3. The number of hydrogen-bond acceptors (Lipinski definition) is 2. The molecule has 0 spiro atoms. The van der Waals surface area contributed by atoms with Gasteiger partial charge in [-0.3, -0.25) is 0 Å². The minimum Gasteiger partial charge on any atom is -0.464 e. The summed E-state index contributed by atoms with van der Waals surface area (Å²) in [4.78, 5) is 0. The van der Waals surface area contributed by atoms with Crippen LogP contribution in [0.25, 0.3) is 0 Å². The fourth-order valence-corrected chi connectivity index (χ4v) is 7.33. The van der Waals surface area contributed by atoms with Crippen molar-refractivity contribution in [1.29, 1.82) is 0 Å². The summed E-state index contributed by atoms with van der Waals surface area (Å²) in [5.41, 5.74) is 2.22. The SMILES string of the molecule is COC(Oc1ccc(C(CC(C)(C)C)C(C)(C)C)cc1)C12CC3CC(CC(C3)C1)C2. The fourth-order valence-electron chi connectivity index (χ4n) is 7.33. The van der Waals surface area contributed by atoms with Crippen LogP contribution in [0.15, 0.2) is 24.3 Å². The van der Waals surface area contributed by atoms with E-state index in [1.54, 1.807) is 0 Å². The van der Waals surface area contributed by atoms with Gasteiger partial charge in [0.15, 0.2) is 0 Å². The highest BCUT2D eigenvalue weighted by Crippen LogP contribution is 2.61. The molecule has 5 rings (SSSR count). The monoisotopic (exact) mass is 412 g/mol. The molecule has 4 bridgehead atoms. The Morgan fingerprint density at radius 2 is 1.37 bits per heavy atom. The largest absolute Gasteiger partial charge is 0.464 e. The molecule has 0 amide bonds. The second-order valence-electron chi connectivity index (χ2n) is 13.2. The van der Waals surface area contributed by atoms with Gasteiger partial charge in [0.2, 0.25) is 6.29 Å². The number of benzene rings is 1. The molecule has 2 nitrogen and oxygen atoms in total. The van der Waals surface area contributed by atoms with Crippen molar-refractivity contribution in [1.82, 2.24) is 0 Å². The molecule has 1 aromatic rings. The van der Waals surface area contributed by atoms with Gasteiger partial charge >= 0.3 is 0 Å². The molecule has 2 heteroatoms. The van der Waals surface area contributed by atoms with Crippen LogP contribution in [0.2, 0.25) is 0 Å². The van der Waals surface area contributed by atoms with E-state index in [1.807, 2.05) is 7.11 Å². The van der Waals surface area contributed by atoms with E-state index in [9.17, 15) is 0 Å². The van der Waals surface area contributed by atoms with Gasteiger partial charge in [0, 0.05) is 12.5 Å². The van der Waals surface area contributed by atoms with Crippen LogP contribution in [0.5, 0.6) is 5.75 Å². The summed E-state index contributed by atoms with van der Waals surface area (Å²) < 4.78 is 12.6. The maximum Gasteiger partial charge on any atom is 0.205 e. The zero-order valence-corrected chi connectivity index (χ0v) is 20.5. The van der Waals surface area contributed by atoms with Gasteiger partial charge in [-0.2, -0.15) is 0 Å². The second-order valence-corrected chi connectivity index (χ2v) is 13.2. The maximum atomic E-state index is 6.55. The molecule has 168 valence electrons. The maximum absolute atomic E-state index is 6.55. The Balaban J connectivity index is 1.50. The van der Waals surface area contributed by atoms with E-state index in [-0.39, 0.29) is 17.1 Å². The van der Waals surface area contributed by atoms with Gasteiger partial charge in [-0.05, 0) is 97.1 Å². The van der Waals surface area contributed by atoms with Gasteiger partial charge in [0.25, 0.3) is 0 Å². The molecular weight excluding hydrogens is 368 g/mol. The van der Waals surface area contributed by atoms with Crippen LogP contribution in [-0.2, 0) is 4.74 Å². The van der Waals surface area contributed by atoms with Crippen molar-refractivity contribution in [2.75, 3.05) is 7.11 Å². The van der Waals surface area contributed by atoms with Gasteiger partial charge in [0.1, 0.15) is 5.75 Å². The summed E-state index contributed by atoms with van der Waals surface area (Å²) in [6.07, 6.45) is 9.33. The van der Waals surface area contributed by atoms with Crippen molar-refractivity contribution < 1.29 is 9.47 Å². The van der Waals surface area contributed by atoms with Crippen LogP contribution in [0.1, 0.15) is 98.0 Å². The van der Waals surface area contributed by atoms with Crippen LogP contribution >= 0.6 is 0 Å². The van der Waals surface area contributed by atoms with E-state index in [1.165, 1.54) is 50.5 Å². The molecule has 4 saturated carbocycles. The minimum absolute atomic E-state index is 0.107. The topological polar surface area (TPSA) is 18.5 Å². The van der Waals surface area contributed by atoms with E-state index < -0.39 is 0 Å². The summed E-state index contributed by atoms with van der Waals surface area (Å²) >= 11 is 0. The molecule has 0 aliphatic heterocycles. The first kappa shape index (κ1) is 22.2. The zero-order chi connectivity index (χ0) is 21.7. The third kappa shape index (κ3) is 4.59. The highest BCUT2D eigenvalue weighted by Gasteiger charge is 2.55. The molecule has 4 fully saturated rings. The average Bonchev–Trinajstić information content (AvgIpc) is 2.62. The normalized spacial score (nSPS) is 32.8. The number of ether oxygens (including phenoxy) is 2. The minimum atomic E-state index is -0.107. The molecule has 30 heavy (non-hydrogen) atoms. The van der Waals surface area contributed by atoms with Gasteiger partial charge in [0.05, 0.1) is 0 Å². The molecular formula is C28H44O2. The van der Waals surface area contributed by atoms with Gasteiger partial charge in [-0.15, -0.1) is 0 Å². The smallest absolute Gasteiger partial charge is 0.205 e. The summed E-state index contributed by atoms with van der Waals surface area (Å²) in [7, 11) is 1.84. The Kier molecular flexibility index (Phi) is 5.79. The Hall–Kier alpha value is -1.02. The fraction of sp³-hybridized carbons (Fsp3) is 0.786.